The van der Waals surface area contributed by atoms with Gasteiger partial charge in [-0.05, 0) is 13.3 Å². The Morgan fingerprint density at radius 2 is 2.27 bits per heavy atom. The number of amides is 1. The van der Waals surface area contributed by atoms with Crippen LogP contribution < -0.4 is 5.32 Å². The molecule has 1 aromatic rings. The van der Waals surface area contributed by atoms with Crippen LogP contribution in [0.2, 0.25) is 5.15 Å². The molecule has 0 saturated heterocycles. The number of carbonyl (C=O) groups excluding carboxylic acids is 1. The monoisotopic (exact) mass is 229 g/mol. The summed E-state index contributed by atoms with van der Waals surface area (Å²) in [6, 6.07) is 0. The van der Waals surface area contributed by atoms with Crippen molar-refractivity contribution >= 4 is 17.5 Å². The van der Waals surface area contributed by atoms with Gasteiger partial charge in [-0.25, -0.2) is 0 Å². The number of nitrogens with one attached hydrogen (secondary N) is 1. The van der Waals surface area contributed by atoms with Crippen molar-refractivity contribution in [3.63, 3.8) is 0 Å². The molecular weight excluding hydrogens is 214 g/mol. The second-order valence-corrected chi connectivity index (χ2v) is 3.77. The molecule has 0 aromatic carbocycles. The zero-order valence-electron chi connectivity index (χ0n) is 9.30. The summed E-state index contributed by atoms with van der Waals surface area (Å²) >= 11 is 6.08. The van der Waals surface area contributed by atoms with E-state index in [-0.39, 0.29) is 5.91 Å². The SMILES string of the molecule is CCCCn1nc(C)c(C(=O)NC)c1Cl. The van der Waals surface area contributed by atoms with Crippen LogP contribution in [0.15, 0.2) is 0 Å². The van der Waals surface area contributed by atoms with Crippen LogP contribution in [0.25, 0.3) is 0 Å². The molecule has 15 heavy (non-hydrogen) atoms. The van der Waals surface area contributed by atoms with Gasteiger partial charge < -0.3 is 5.32 Å². The predicted molar refractivity (Wildman–Crippen MR) is 60.3 cm³/mol. The van der Waals surface area contributed by atoms with Crippen molar-refractivity contribution in [3.8, 4) is 0 Å². The zero-order chi connectivity index (χ0) is 11.4. The normalized spacial score (nSPS) is 10.4. The fraction of sp³-hybridized carbons (Fsp3) is 0.600. The lowest BCUT2D eigenvalue weighted by molar-refractivity contribution is 0.0962. The number of unbranched alkanes of at least 4 members (excludes halogenated alkanes) is 1. The average molecular weight is 230 g/mol. The van der Waals surface area contributed by atoms with Crippen LogP contribution in [-0.2, 0) is 6.54 Å². The maximum atomic E-state index is 11.5. The van der Waals surface area contributed by atoms with Gasteiger partial charge in [-0.2, -0.15) is 5.10 Å². The lowest BCUT2D eigenvalue weighted by atomic mass is 10.2. The fourth-order valence-corrected chi connectivity index (χ4v) is 1.74. The smallest absolute Gasteiger partial charge is 0.256 e. The summed E-state index contributed by atoms with van der Waals surface area (Å²) in [5.74, 6) is -0.180. The Kier molecular flexibility index (Phi) is 4.15. The lowest BCUT2D eigenvalue weighted by Gasteiger charge is -2.01. The summed E-state index contributed by atoms with van der Waals surface area (Å²) < 4.78 is 1.69. The second kappa shape index (κ2) is 5.16. The van der Waals surface area contributed by atoms with Crippen molar-refractivity contribution in [2.45, 2.75) is 33.2 Å². The molecule has 1 heterocycles. The first kappa shape index (κ1) is 12.0. The van der Waals surface area contributed by atoms with E-state index in [4.69, 9.17) is 11.6 Å². The summed E-state index contributed by atoms with van der Waals surface area (Å²) in [5.41, 5.74) is 1.16. The number of nitrogens with zero attached hydrogens (tertiary/aromatic N) is 2. The highest BCUT2D eigenvalue weighted by Gasteiger charge is 2.18. The predicted octanol–water partition coefficient (Wildman–Crippen LogP) is 2.00. The van der Waals surface area contributed by atoms with Crippen LogP contribution >= 0.6 is 11.6 Å². The molecule has 1 N–H and O–H groups in total. The van der Waals surface area contributed by atoms with Gasteiger partial charge in [0.15, 0.2) is 0 Å². The standard InChI is InChI=1S/C10H16ClN3O/c1-4-5-6-14-9(11)8(7(2)13-14)10(15)12-3/h4-6H2,1-3H3,(H,12,15). The molecule has 1 rings (SSSR count). The first-order valence-corrected chi connectivity index (χ1v) is 5.44. The first-order valence-electron chi connectivity index (χ1n) is 5.06. The molecule has 0 aliphatic rings. The molecule has 0 spiro atoms. The molecule has 4 nitrogen and oxygen atoms in total. The molecule has 0 aliphatic carbocycles. The highest BCUT2D eigenvalue weighted by Crippen LogP contribution is 2.19. The van der Waals surface area contributed by atoms with Crippen molar-refractivity contribution in [2.24, 2.45) is 0 Å². The minimum atomic E-state index is -0.180. The third-order valence-corrected chi connectivity index (χ3v) is 2.63. The summed E-state index contributed by atoms with van der Waals surface area (Å²) in [5, 5.41) is 7.23. The van der Waals surface area contributed by atoms with Gasteiger partial charge >= 0.3 is 0 Å². The van der Waals surface area contributed by atoms with Crippen LogP contribution in [0.5, 0.6) is 0 Å². The van der Waals surface area contributed by atoms with Gasteiger partial charge in [0.05, 0.1) is 11.3 Å². The van der Waals surface area contributed by atoms with Crippen molar-refractivity contribution in [1.29, 1.82) is 0 Å². The van der Waals surface area contributed by atoms with Gasteiger partial charge in [0.1, 0.15) is 5.15 Å². The number of carbonyl (C=O) groups is 1. The first-order chi connectivity index (χ1) is 7.11. The van der Waals surface area contributed by atoms with E-state index < -0.39 is 0 Å². The molecule has 84 valence electrons. The molecule has 0 unspecified atom stereocenters. The van der Waals surface area contributed by atoms with E-state index in [0.717, 1.165) is 19.4 Å². The summed E-state index contributed by atoms with van der Waals surface area (Å²) in [4.78, 5) is 11.5. The van der Waals surface area contributed by atoms with E-state index in [0.29, 0.717) is 16.4 Å². The van der Waals surface area contributed by atoms with E-state index >= 15 is 0 Å². The van der Waals surface area contributed by atoms with Crippen molar-refractivity contribution < 1.29 is 4.79 Å². The van der Waals surface area contributed by atoms with E-state index in [2.05, 4.69) is 17.3 Å². The number of aryl methyl sites for hydroxylation is 2. The molecule has 5 heteroatoms. The second-order valence-electron chi connectivity index (χ2n) is 3.41. The largest absolute Gasteiger partial charge is 0.355 e. The molecule has 0 fully saturated rings. The summed E-state index contributed by atoms with van der Waals surface area (Å²) in [7, 11) is 1.58. The van der Waals surface area contributed by atoms with Crippen LogP contribution in [0.3, 0.4) is 0 Å². The third kappa shape index (κ3) is 2.50. The van der Waals surface area contributed by atoms with E-state index in [1.807, 2.05) is 0 Å². The molecule has 0 atom stereocenters. The van der Waals surface area contributed by atoms with Gasteiger partial charge in [0.2, 0.25) is 0 Å². The van der Waals surface area contributed by atoms with Crippen molar-refractivity contribution in [1.82, 2.24) is 15.1 Å². The number of halogens is 1. The van der Waals surface area contributed by atoms with Gasteiger partial charge in [0, 0.05) is 13.6 Å². The van der Waals surface area contributed by atoms with E-state index in [1.165, 1.54) is 0 Å². The molecule has 0 radical (unpaired) electrons. The van der Waals surface area contributed by atoms with Crippen molar-refractivity contribution in [2.75, 3.05) is 7.05 Å². The van der Waals surface area contributed by atoms with Gasteiger partial charge in [-0.15, -0.1) is 0 Å². The Hall–Kier alpha value is -1.03. The lowest BCUT2D eigenvalue weighted by Crippen LogP contribution is -2.18. The molecule has 1 amide bonds. The Morgan fingerprint density at radius 3 is 2.80 bits per heavy atom. The molecule has 0 bridgehead atoms. The number of hydrogen-bond acceptors (Lipinski definition) is 2. The molecular formula is C10H16ClN3O. The quantitative estimate of drug-likeness (QED) is 0.859. The van der Waals surface area contributed by atoms with Crippen LogP contribution in [0, 0.1) is 6.92 Å². The van der Waals surface area contributed by atoms with Crippen LogP contribution in [0.4, 0.5) is 0 Å². The maximum Gasteiger partial charge on any atom is 0.256 e. The van der Waals surface area contributed by atoms with Crippen LogP contribution in [-0.4, -0.2) is 22.7 Å². The Morgan fingerprint density at radius 1 is 1.60 bits per heavy atom. The summed E-state index contributed by atoms with van der Waals surface area (Å²) in [6.45, 7) is 4.65. The fourth-order valence-electron chi connectivity index (χ4n) is 1.39. The summed E-state index contributed by atoms with van der Waals surface area (Å²) in [6.07, 6.45) is 2.08. The molecule has 0 aliphatic heterocycles. The molecule has 1 aromatic heterocycles. The third-order valence-electron chi connectivity index (χ3n) is 2.24. The molecule has 0 saturated carbocycles. The van der Waals surface area contributed by atoms with Gasteiger partial charge in [-0.1, -0.05) is 24.9 Å². The Labute approximate surface area is 94.6 Å². The Bertz CT molecular complexity index is 360. The topological polar surface area (TPSA) is 46.9 Å². The average Bonchev–Trinajstić information content (AvgIpc) is 2.50. The maximum absolute atomic E-state index is 11.5. The number of hydrogen-bond donors (Lipinski definition) is 1. The van der Waals surface area contributed by atoms with Gasteiger partial charge in [-0.3, -0.25) is 9.48 Å². The number of aromatic nitrogens is 2. The highest BCUT2D eigenvalue weighted by molar-refractivity contribution is 6.33. The van der Waals surface area contributed by atoms with Gasteiger partial charge in [0.25, 0.3) is 5.91 Å². The van der Waals surface area contributed by atoms with E-state index in [1.54, 1.807) is 18.7 Å². The highest BCUT2D eigenvalue weighted by atomic mass is 35.5. The number of rotatable bonds is 4. The minimum Gasteiger partial charge on any atom is -0.355 e. The van der Waals surface area contributed by atoms with Crippen LogP contribution in [0.1, 0.15) is 35.8 Å². The minimum absolute atomic E-state index is 0.180. The van der Waals surface area contributed by atoms with E-state index in [9.17, 15) is 4.79 Å². The van der Waals surface area contributed by atoms with Crippen molar-refractivity contribution in [3.05, 3.63) is 16.4 Å². The zero-order valence-corrected chi connectivity index (χ0v) is 10.1. The Balaban J connectivity index is 2.98.